The van der Waals surface area contributed by atoms with Crippen molar-refractivity contribution in [3.05, 3.63) is 46.4 Å². The average Bonchev–Trinajstić information content (AvgIpc) is 3.23. The monoisotopic (exact) mass is 316 g/mol. The number of aryl methyl sites for hydroxylation is 1. The van der Waals surface area contributed by atoms with Gasteiger partial charge >= 0.3 is 0 Å². The molecule has 3 aromatic rings. The van der Waals surface area contributed by atoms with Gasteiger partial charge in [0.1, 0.15) is 0 Å². The lowest BCUT2D eigenvalue weighted by atomic mass is 10.4. The van der Waals surface area contributed by atoms with E-state index in [1.165, 1.54) is 23.7 Å². The zero-order valence-electron chi connectivity index (χ0n) is 11.6. The molecule has 22 heavy (non-hydrogen) atoms. The van der Waals surface area contributed by atoms with Gasteiger partial charge in [0, 0.05) is 11.5 Å². The minimum atomic E-state index is -0.255. The second-order valence-electron chi connectivity index (χ2n) is 4.34. The molecule has 8 heteroatoms. The van der Waals surface area contributed by atoms with Crippen LogP contribution in [0.5, 0.6) is 0 Å². The number of rotatable bonds is 5. The van der Waals surface area contributed by atoms with Gasteiger partial charge in [0.25, 0.3) is 5.89 Å². The minimum absolute atomic E-state index is 0.170. The molecule has 0 saturated carbocycles. The molecule has 7 nitrogen and oxygen atoms in total. The molecule has 0 aromatic carbocycles. The molecular weight excluding hydrogens is 304 g/mol. The summed E-state index contributed by atoms with van der Waals surface area (Å²) in [5.74, 6) is 0.888. The molecule has 3 rings (SSSR count). The van der Waals surface area contributed by atoms with Gasteiger partial charge in [0.2, 0.25) is 5.91 Å². The zero-order valence-corrected chi connectivity index (χ0v) is 12.5. The maximum atomic E-state index is 11.7. The quantitative estimate of drug-likeness (QED) is 0.726. The fourth-order valence-electron chi connectivity index (χ4n) is 1.67. The largest absolute Gasteiger partial charge is 0.459 e. The molecule has 0 atom stereocenters. The first-order chi connectivity index (χ1) is 10.7. The number of nitrogens with one attached hydrogen (secondary N) is 1. The number of hydrogen-bond acceptors (Lipinski definition) is 7. The molecule has 0 spiro atoms. The Balaban J connectivity index is 1.54. The Labute approximate surface area is 129 Å². The summed E-state index contributed by atoms with van der Waals surface area (Å²) in [5, 5.41) is 9.28. The second kappa shape index (κ2) is 6.35. The fraction of sp³-hybridized carbons (Fsp3) is 0.143. The van der Waals surface area contributed by atoms with E-state index in [2.05, 4.69) is 20.4 Å². The van der Waals surface area contributed by atoms with E-state index in [1.54, 1.807) is 18.2 Å². The highest BCUT2D eigenvalue weighted by Crippen LogP contribution is 2.16. The van der Waals surface area contributed by atoms with Crippen LogP contribution in [-0.2, 0) is 11.3 Å². The van der Waals surface area contributed by atoms with Gasteiger partial charge in [-0.3, -0.25) is 4.79 Å². The molecule has 1 N–H and O–H groups in total. The third kappa shape index (κ3) is 3.47. The maximum Gasteiger partial charge on any atom is 0.293 e. The molecule has 0 saturated heterocycles. The summed E-state index contributed by atoms with van der Waals surface area (Å²) in [6.07, 6.45) is 4.59. The van der Waals surface area contributed by atoms with Crippen LogP contribution in [0.15, 0.2) is 38.8 Å². The normalized spacial score (nSPS) is 11.1. The van der Waals surface area contributed by atoms with Crippen LogP contribution in [0.1, 0.15) is 16.5 Å². The average molecular weight is 316 g/mol. The van der Waals surface area contributed by atoms with Crippen LogP contribution in [0.2, 0.25) is 0 Å². The molecule has 3 heterocycles. The van der Waals surface area contributed by atoms with Gasteiger partial charge in [-0.15, -0.1) is 11.3 Å². The van der Waals surface area contributed by atoms with Crippen LogP contribution >= 0.6 is 11.3 Å². The number of hydrogen-bond donors (Lipinski definition) is 1. The summed E-state index contributed by atoms with van der Waals surface area (Å²) in [7, 11) is 0. The van der Waals surface area contributed by atoms with Crippen molar-refractivity contribution in [3.8, 4) is 11.7 Å². The Bertz CT molecular complexity index is 789. The smallest absolute Gasteiger partial charge is 0.293 e. The summed E-state index contributed by atoms with van der Waals surface area (Å²) < 4.78 is 10.2. The Morgan fingerprint density at radius 1 is 1.45 bits per heavy atom. The van der Waals surface area contributed by atoms with Gasteiger partial charge < -0.3 is 14.3 Å². The summed E-state index contributed by atoms with van der Waals surface area (Å²) in [4.78, 5) is 20.1. The Morgan fingerprint density at radius 3 is 3.09 bits per heavy atom. The summed E-state index contributed by atoms with van der Waals surface area (Å²) in [6, 6.07) is 3.44. The molecule has 3 aromatic heterocycles. The lowest BCUT2D eigenvalue weighted by Gasteiger charge is -1.95. The van der Waals surface area contributed by atoms with E-state index < -0.39 is 0 Å². The van der Waals surface area contributed by atoms with Crippen molar-refractivity contribution in [1.82, 2.24) is 20.4 Å². The SMILES string of the molecule is Cc1nc(C=CC(=O)NCc2noc(-c3ccco3)n2)cs1. The molecule has 0 aliphatic heterocycles. The van der Waals surface area contributed by atoms with Crippen molar-refractivity contribution in [3.63, 3.8) is 0 Å². The first-order valence-corrected chi connectivity index (χ1v) is 7.33. The molecule has 0 fully saturated rings. The number of aromatic nitrogens is 3. The van der Waals surface area contributed by atoms with Crippen molar-refractivity contribution in [1.29, 1.82) is 0 Å². The topological polar surface area (TPSA) is 94.1 Å². The molecular formula is C14H12N4O3S. The third-order valence-electron chi connectivity index (χ3n) is 2.66. The van der Waals surface area contributed by atoms with E-state index >= 15 is 0 Å². The van der Waals surface area contributed by atoms with Gasteiger partial charge in [-0.2, -0.15) is 4.98 Å². The van der Waals surface area contributed by atoms with E-state index in [0.29, 0.717) is 11.6 Å². The highest BCUT2D eigenvalue weighted by atomic mass is 32.1. The lowest BCUT2D eigenvalue weighted by Crippen LogP contribution is -2.20. The molecule has 1 amide bonds. The minimum Gasteiger partial charge on any atom is -0.459 e. The number of nitrogens with zero attached hydrogens (tertiary/aromatic N) is 3. The van der Waals surface area contributed by atoms with Gasteiger partial charge in [-0.05, 0) is 25.1 Å². The van der Waals surface area contributed by atoms with Crippen molar-refractivity contribution >= 4 is 23.3 Å². The van der Waals surface area contributed by atoms with E-state index in [4.69, 9.17) is 8.94 Å². The number of carbonyl (C=O) groups is 1. The molecule has 0 aliphatic rings. The standard InChI is InChI=1S/C14H12N4O3S/c1-9-16-10(8-22-9)4-5-13(19)15-7-12-17-14(21-18-12)11-3-2-6-20-11/h2-6,8H,7H2,1H3,(H,15,19). The number of amides is 1. The fourth-order valence-corrected chi connectivity index (χ4v) is 2.25. The third-order valence-corrected chi connectivity index (χ3v) is 3.45. The van der Waals surface area contributed by atoms with Crippen LogP contribution < -0.4 is 5.32 Å². The first-order valence-electron chi connectivity index (χ1n) is 6.45. The van der Waals surface area contributed by atoms with Gasteiger partial charge in [-0.25, -0.2) is 4.98 Å². The first kappa shape index (κ1) is 14.2. The van der Waals surface area contributed by atoms with Crippen LogP contribution in [-0.4, -0.2) is 21.0 Å². The molecule has 112 valence electrons. The Hall–Kier alpha value is -2.74. The van der Waals surface area contributed by atoms with Gasteiger partial charge in [0.05, 0.1) is 23.5 Å². The second-order valence-corrected chi connectivity index (χ2v) is 5.40. The van der Waals surface area contributed by atoms with E-state index in [-0.39, 0.29) is 18.3 Å². The highest BCUT2D eigenvalue weighted by molar-refractivity contribution is 7.09. The van der Waals surface area contributed by atoms with Gasteiger partial charge in [-0.1, -0.05) is 5.16 Å². The van der Waals surface area contributed by atoms with E-state index in [9.17, 15) is 4.79 Å². The number of furan rings is 1. The Morgan fingerprint density at radius 2 is 2.36 bits per heavy atom. The lowest BCUT2D eigenvalue weighted by molar-refractivity contribution is -0.116. The predicted octanol–water partition coefficient (Wildman–Crippen LogP) is 2.42. The molecule has 0 unspecified atom stereocenters. The highest BCUT2D eigenvalue weighted by Gasteiger charge is 2.11. The summed E-state index contributed by atoms with van der Waals surface area (Å²) in [5.41, 5.74) is 0.761. The van der Waals surface area contributed by atoms with Crippen LogP contribution in [0.3, 0.4) is 0 Å². The van der Waals surface area contributed by atoms with Crippen molar-refractivity contribution in [2.45, 2.75) is 13.5 Å². The van der Waals surface area contributed by atoms with Crippen LogP contribution in [0.4, 0.5) is 0 Å². The van der Waals surface area contributed by atoms with Crippen LogP contribution in [0.25, 0.3) is 17.7 Å². The number of carbonyl (C=O) groups excluding carboxylic acids is 1. The molecule has 0 aliphatic carbocycles. The van der Waals surface area contributed by atoms with Gasteiger partial charge in [0.15, 0.2) is 11.6 Å². The predicted molar refractivity (Wildman–Crippen MR) is 79.7 cm³/mol. The van der Waals surface area contributed by atoms with Crippen LogP contribution in [0, 0.1) is 6.92 Å². The molecule has 0 radical (unpaired) electrons. The zero-order chi connectivity index (χ0) is 15.4. The van der Waals surface area contributed by atoms with Crippen molar-refractivity contribution in [2.24, 2.45) is 0 Å². The Kier molecular flexibility index (Phi) is 4.10. The molecule has 0 bridgehead atoms. The summed E-state index contributed by atoms with van der Waals surface area (Å²) >= 11 is 1.53. The number of thiazole rings is 1. The van der Waals surface area contributed by atoms with Crippen molar-refractivity contribution < 1.29 is 13.7 Å². The van der Waals surface area contributed by atoms with Crippen molar-refractivity contribution in [2.75, 3.05) is 0 Å². The van der Waals surface area contributed by atoms with E-state index in [1.807, 2.05) is 12.3 Å². The van der Waals surface area contributed by atoms with E-state index in [0.717, 1.165) is 10.7 Å². The summed E-state index contributed by atoms with van der Waals surface area (Å²) in [6.45, 7) is 2.08. The maximum absolute atomic E-state index is 11.7.